The van der Waals surface area contributed by atoms with Crippen LogP contribution in [0.25, 0.3) is 0 Å². The number of carbonyl (C=O) groups excluding carboxylic acids is 3. The summed E-state index contributed by atoms with van der Waals surface area (Å²) in [5, 5.41) is 5.50. The fourth-order valence-corrected chi connectivity index (χ4v) is 5.73. The molecule has 4 amide bonds. The molecule has 0 aromatic heterocycles. The molecule has 1 saturated heterocycles. The van der Waals surface area contributed by atoms with Crippen molar-refractivity contribution in [2.75, 3.05) is 18.4 Å². The summed E-state index contributed by atoms with van der Waals surface area (Å²) in [5.74, 6) is -0.559. The van der Waals surface area contributed by atoms with Crippen molar-refractivity contribution in [3.8, 4) is 0 Å². The van der Waals surface area contributed by atoms with Gasteiger partial charge in [-0.2, -0.15) is 0 Å². The largest absolute Gasteiger partial charge is 0.325 e. The van der Waals surface area contributed by atoms with Crippen LogP contribution in [0, 0.1) is 11.3 Å². The van der Waals surface area contributed by atoms with Gasteiger partial charge in [-0.15, -0.1) is 6.58 Å². The lowest BCUT2D eigenvalue weighted by Crippen LogP contribution is -2.50. The lowest BCUT2D eigenvalue weighted by Gasteiger charge is -2.40. The van der Waals surface area contributed by atoms with Gasteiger partial charge in [-0.05, 0) is 54.7 Å². The molecular weight excluding hydrogens is 456 g/mol. The van der Waals surface area contributed by atoms with Crippen LogP contribution >= 0.6 is 0 Å². The maximum absolute atomic E-state index is 13.1. The average molecular weight is 491 g/mol. The van der Waals surface area contributed by atoms with E-state index in [4.69, 9.17) is 0 Å². The van der Waals surface area contributed by atoms with Crippen molar-refractivity contribution >= 4 is 33.6 Å². The Balaban J connectivity index is 1.56. The Hall–Kier alpha value is -2.72. The molecule has 0 atom stereocenters. The number of sulfonamides is 1. The van der Waals surface area contributed by atoms with Gasteiger partial charge in [0.1, 0.15) is 12.1 Å². The van der Waals surface area contributed by atoms with Gasteiger partial charge < -0.3 is 10.6 Å². The van der Waals surface area contributed by atoms with E-state index in [1.807, 2.05) is 0 Å². The first-order chi connectivity index (χ1) is 15.8. The van der Waals surface area contributed by atoms with Gasteiger partial charge in [0.2, 0.25) is 15.9 Å². The maximum atomic E-state index is 13.1. The number of hydrogen-bond acceptors (Lipinski definition) is 5. The van der Waals surface area contributed by atoms with Gasteiger partial charge in [0, 0.05) is 12.2 Å². The summed E-state index contributed by atoms with van der Waals surface area (Å²) in [6.45, 7) is 9.81. The minimum atomic E-state index is -3.48. The number of amides is 4. The van der Waals surface area contributed by atoms with E-state index in [-0.39, 0.29) is 30.2 Å². The van der Waals surface area contributed by atoms with Crippen molar-refractivity contribution in [2.45, 2.75) is 57.7 Å². The average Bonchev–Trinajstić information content (AvgIpc) is 2.97. The Morgan fingerprint density at radius 1 is 1.21 bits per heavy atom. The Kier molecular flexibility index (Phi) is 7.52. The van der Waals surface area contributed by atoms with Gasteiger partial charge in [-0.3, -0.25) is 14.5 Å². The van der Waals surface area contributed by atoms with E-state index in [1.165, 1.54) is 6.08 Å². The molecule has 2 aliphatic rings. The smallest absolute Gasteiger partial charge is 0.325 e. The fraction of sp³-hybridized carbons (Fsp3) is 0.542. The first kappa shape index (κ1) is 25.9. The Morgan fingerprint density at radius 3 is 2.38 bits per heavy atom. The predicted molar refractivity (Wildman–Crippen MR) is 130 cm³/mol. The van der Waals surface area contributed by atoms with Gasteiger partial charge in [0.05, 0.1) is 5.75 Å². The van der Waals surface area contributed by atoms with E-state index < -0.39 is 27.5 Å². The van der Waals surface area contributed by atoms with E-state index in [1.54, 1.807) is 24.3 Å². The molecule has 3 N–H and O–H groups in total. The zero-order valence-corrected chi connectivity index (χ0v) is 20.8. The third kappa shape index (κ3) is 6.04. The topological polar surface area (TPSA) is 125 Å². The highest BCUT2D eigenvalue weighted by Crippen LogP contribution is 2.43. The van der Waals surface area contributed by atoms with Crippen molar-refractivity contribution in [1.82, 2.24) is 14.9 Å². The molecule has 0 unspecified atom stereocenters. The summed E-state index contributed by atoms with van der Waals surface area (Å²) < 4.78 is 26.3. The SMILES string of the molecule is C=CCNS(=O)(=O)Cc1ccc(NC(=O)CN2C(=O)NC3(CCC(C(C)(C)C)CC3)C2=O)cc1. The number of benzene rings is 1. The molecule has 1 spiro atoms. The van der Waals surface area contributed by atoms with E-state index in [0.29, 0.717) is 30.0 Å². The number of nitrogens with one attached hydrogen (secondary N) is 3. The normalized spacial score (nSPS) is 23.1. The lowest BCUT2D eigenvalue weighted by atomic mass is 9.67. The van der Waals surface area contributed by atoms with Gasteiger partial charge in [-0.25, -0.2) is 17.9 Å². The number of nitrogens with zero attached hydrogens (tertiary/aromatic N) is 1. The van der Waals surface area contributed by atoms with Crippen LogP contribution in [0.4, 0.5) is 10.5 Å². The van der Waals surface area contributed by atoms with Crippen molar-refractivity contribution in [1.29, 1.82) is 0 Å². The molecule has 0 radical (unpaired) electrons. The molecule has 9 nitrogen and oxygen atoms in total. The van der Waals surface area contributed by atoms with E-state index in [2.05, 4.69) is 42.7 Å². The molecule has 186 valence electrons. The van der Waals surface area contributed by atoms with Crippen LogP contribution in [0.3, 0.4) is 0 Å². The highest BCUT2D eigenvalue weighted by Gasteiger charge is 2.53. The van der Waals surface area contributed by atoms with Crippen molar-refractivity contribution in [2.24, 2.45) is 11.3 Å². The molecule has 1 aliphatic heterocycles. The Morgan fingerprint density at radius 2 is 1.82 bits per heavy atom. The number of hydrogen-bond donors (Lipinski definition) is 3. The molecule has 3 rings (SSSR count). The number of urea groups is 1. The number of carbonyl (C=O) groups is 3. The van der Waals surface area contributed by atoms with Crippen molar-refractivity contribution in [3.05, 3.63) is 42.5 Å². The summed E-state index contributed by atoms with van der Waals surface area (Å²) in [6, 6.07) is 5.81. The van der Waals surface area contributed by atoms with Crippen LogP contribution in [0.2, 0.25) is 0 Å². The first-order valence-corrected chi connectivity index (χ1v) is 13.1. The predicted octanol–water partition coefficient (Wildman–Crippen LogP) is 2.76. The number of imide groups is 1. The third-order valence-electron chi connectivity index (χ3n) is 6.65. The van der Waals surface area contributed by atoms with Crippen LogP contribution in [0.1, 0.15) is 52.0 Å². The molecule has 1 heterocycles. The molecule has 1 aromatic rings. The first-order valence-electron chi connectivity index (χ1n) is 11.5. The third-order valence-corrected chi connectivity index (χ3v) is 7.97. The van der Waals surface area contributed by atoms with Crippen molar-refractivity contribution < 1.29 is 22.8 Å². The molecule has 2 fully saturated rings. The Bertz CT molecular complexity index is 1050. The molecule has 1 aliphatic carbocycles. The fourth-order valence-electron chi connectivity index (χ4n) is 4.62. The van der Waals surface area contributed by atoms with E-state index >= 15 is 0 Å². The molecular formula is C24H34N4O5S. The number of anilines is 1. The lowest BCUT2D eigenvalue weighted by molar-refractivity contribution is -0.135. The second kappa shape index (κ2) is 9.87. The van der Waals surface area contributed by atoms with Gasteiger partial charge in [0.25, 0.3) is 5.91 Å². The van der Waals surface area contributed by atoms with Crippen LogP contribution < -0.4 is 15.4 Å². The summed E-state index contributed by atoms with van der Waals surface area (Å²) in [5.41, 5.74) is 0.231. The minimum Gasteiger partial charge on any atom is -0.325 e. The van der Waals surface area contributed by atoms with Gasteiger partial charge >= 0.3 is 6.03 Å². The quantitative estimate of drug-likeness (QED) is 0.382. The molecule has 1 saturated carbocycles. The molecule has 34 heavy (non-hydrogen) atoms. The highest BCUT2D eigenvalue weighted by atomic mass is 32.2. The maximum Gasteiger partial charge on any atom is 0.325 e. The van der Waals surface area contributed by atoms with Crippen LogP contribution in [0.15, 0.2) is 36.9 Å². The summed E-state index contributed by atoms with van der Waals surface area (Å²) in [4.78, 5) is 39.1. The van der Waals surface area contributed by atoms with Crippen molar-refractivity contribution in [3.63, 3.8) is 0 Å². The van der Waals surface area contributed by atoms with Crippen LogP contribution in [-0.2, 0) is 25.4 Å². The summed E-state index contributed by atoms with van der Waals surface area (Å²) >= 11 is 0. The summed E-state index contributed by atoms with van der Waals surface area (Å²) in [6.07, 6.45) is 4.30. The van der Waals surface area contributed by atoms with Crippen LogP contribution in [0.5, 0.6) is 0 Å². The second-order valence-electron chi connectivity index (χ2n) is 10.2. The zero-order chi connectivity index (χ0) is 25.1. The zero-order valence-electron chi connectivity index (χ0n) is 20.0. The highest BCUT2D eigenvalue weighted by molar-refractivity contribution is 7.88. The minimum absolute atomic E-state index is 0.148. The number of rotatable bonds is 8. The van der Waals surface area contributed by atoms with E-state index in [9.17, 15) is 22.8 Å². The van der Waals surface area contributed by atoms with Gasteiger partial charge in [-0.1, -0.05) is 39.0 Å². The molecule has 1 aromatic carbocycles. The summed E-state index contributed by atoms with van der Waals surface area (Å²) in [7, 11) is -3.48. The molecule has 0 bridgehead atoms. The second-order valence-corrected chi connectivity index (χ2v) is 12.0. The standard InChI is InChI=1S/C24H34N4O5S/c1-5-14-25-34(32,33)16-17-6-8-19(9-7-17)26-20(29)15-28-21(30)24(27-22(28)31)12-10-18(11-13-24)23(2,3)4/h5-9,18,25H,1,10-16H2,2-4H3,(H,26,29)(H,27,31). The molecule has 10 heteroatoms. The Labute approximate surface area is 201 Å². The van der Waals surface area contributed by atoms with Crippen LogP contribution in [-0.4, -0.2) is 49.8 Å². The van der Waals surface area contributed by atoms with Gasteiger partial charge in [0.15, 0.2) is 0 Å². The monoisotopic (exact) mass is 490 g/mol. The van der Waals surface area contributed by atoms with E-state index in [0.717, 1.165) is 17.7 Å².